The molecule has 86 heavy (non-hydrogen) atoms. The molecule has 0 spiro atoms. The van der Waals surface area contributed by atoms with Crippen molar-refractivity contribution in [1.29, 1.82) is 0 Å². The Morgan fingerprint density at radius 2 is 0.535 bits per heavy atom. The number of phosphoric ester groups is 2. The average molecular weight is 1270 g/mol. The third kappa shape index (κ3) is 60.9. The van der Waals surface area contributed by atoms with Crippen LogP contribution < -0.4 is 0 Å². The fourth-order valence-corrected chi connectivity index (χ4v) is 11.6. The van der Waals surface area contributed by atoms with Crippen molar-refractivity contribution < 1.29 is 80.2 Å². The number of rotatable bonds is 65. The lowest BCUT2D eigenvalue weighted by Gasteiger charge is -2.21. The normalized spacial score (nSPS) is 14.3. The van der Waals surface area contributed by atoms with Crippen molar-refractivity contribution in [2.45, 2.75) is 349 Å². The fraction of sp³-hybridized carbons (Fsp3) is 0.940. The Bertz CT molecular complexity index is 1700. The van der Waals surface area contributed by atoms with Crippen LogP contribution in [0.15, 0.2) is 0 Å². The molecule has 0 aliphatic rings. The molecule has 0 aliphatic carbocycles. The van der Waals surface area contributed by atoms with E-state index in [0.29, 0.717) is 31.6 Å². The first-order chi connectivity index (χ1) is 41.2. The third-order valence-corrected chi connectivity index (χ3v) is 17.3. The number of esters is 4. The van der Waals surface area contributed by atoms with Gasteiger partial charge in [0.2, 0.25) is 0 Å². The predicted molar refractivity (Wildman–Crippen MR) is 344 cm³/mol. The molecule has 0 saturated heterocycles. The van der Waals surface area contributed by atoms with E-state index in [4.69, 9.17) is 37.0 Å². The van der Waals surface area contributed by atoms with Gasteiger partial charge in [0, 0.05) is 25.7 Å². The molecule has 0 rings (SSSR count). The Kier molecular flexibility index (Phi) is 56.9. The van der Waals surface area contributed by atoms with Gasteiger partial charge >= 0.3 is 39.5 Å². The summed E-state index contributed by atoms with van der Waals surface area (Å²) in [6.07, 6.45) is 40.9. The Balaban J connectivity index is 5.16. The molecule has 0 heterocycles. The summed E-state index contributed by atoms with van der Waals surface area (Å²) in [6.45, 7) is 11.7. The molecule has 0 aliphatic heterocycles. The molecule has 3 N–H and O–H groups in total. The number of aliphatic hydroxyl groups excluding tert-OH is 1. The standard InChI is InChI=1S/C67H130O17P2/c1-8-9-10-31-41-48-64(69)77-54-62(84-67(72)51-44-37-30-29-34-40-47-60(6)7)56-81-85(73,74)79-52-61(68)53-80-86(75,76)82-57-63(55-78-65(70)49-42-35-27-23-19-16-15-18-22-26-33-39-46-59(4)5)83-66(71)50-43-36-28-24-20-14-12-11-13-17-21-25-32-38-45-58(2)3/h58-63,68H,8-57H2,1-7H3,(H,73,74)(H,75,76)/t61-,62+,63+/m0/s1. The molecule has 2 unspecified atom stereocenters. The van der Waals surface area contributed by atoms with Crippen LogP contribution in [0.1, 0.15) is 331 Å². The molecule has 19 heteroatoms. The minimum absolute atomic E-state index is 0.101. The molecule has 0 amide bonds. The van der Waals surface area contributed by atoms with Crippen molar-refractivity contribution in [3.8, 4) is 0 Å². The van der Waals surface area contributed by atoms with Gasteiger partial charge in [-0.1, -0.05) is 280 Å². The summed E-state index contributed by atoms with van der Waals surface area (Å²) >= 11 is 0. The lowest BCUT2D eigenvalue weighted by Crippen LogP contribution is -2.30. The van der Waals surface area contributed by atoms with E-state index in [0.717, 1.165) is 108 Å². The van der Waals surface area contributed by atoms with E-state index in [1.165, 1.54) is 135 Å². The van der Waals surface area contributed by atoms with Crippen molar-refractivity contribution in [1.82, 2.24) is 0 Å². The third-order valence-electron chi connectivity index (χ3n) is 15.4. The number of hydrogen-bond acceptors (Lipinski definition) is 15. The molecule has 0 radical (unpaired) electrons. The van der Waals surface area contributed by atoms with Gasteiger partial charge < -0.3 is 33.8 Å². The number of hydrogen-bond donors (Lipinski definition) is 3. The smallest absolute Gasteiger partial charge is 0.462 e. The Hall–Kier alpha value is -1.94. The van der Waals surface area contributed by atoms with Gasteiger partial charge in [0.1, 0.15) is 19.3 Å². The number of carbonyl (C=O) groups excluding carboxylic acids is 4. The molecule has 0 aromatic heterocycles. The van der Waals surface area contributed by atoms with E-state index in [1.54, 1.807) is 0 Å². The van der Waals surface area contributed by atoms with Gasteiger partial charge in [-0.2, -0.15) is 0 Å². The number of unbranched alkanes of at least 4 members (excludes halogenated alkanes) is 33. The van der Waals surface area contributed by atoms with E-state index in [-0.39, 0.29) is 25.7 Å². The maximum Gasteiger partial charge on any atom is 0.472 e. The molecular formula is C67H130O17P2. The highest BCUT2D eigenvalue weighted by atomic mass is 31.2. The van der Waals surface area contributed by atoms with Crippen molar-refractivity contribution in [2.24, 2.45) is 17.8 Å². The minimum Gasteiger partial charge on any atom is -0.462 e. The van der Waals surface area contributed by atoms with Gasteiger partial charge in [0.15, 0.2) is 12.2 Å². The summed E-state index contributed by atoms with van der Waals surface area (Å²) in [6, 6.07) is 0. The largest absolute Gasteiger partial charge is 0.472 e. The number of ether oxygens (including phenoxy) is 4. The molecule has 0 aromatic rings. The highest BCUT2D eigenvalue weighted by molar-refractivity contribution is 7.47. The lowest BCUT2D eigenvalue weighted by atomic mass is 10.0. The Labute approximate surface area is 524 Å². The maximum atomic E-state index is 13.0. The summed E-state index contributed by atoms with van der Waals surface area (Å²) in [4.78, 5) is 72.1. The predicted octanol–water partition coefficient (Wildman–Crippen LogP) is 18.7. The quantitative estimate of drug-likeness (QED) is 0.0222. The van der Waals surface area contributed by atoms with Gasteiger partial charge in [0.25, 0.3) is 0 Å². The molecular weight excluding hydrogens is 1140 g/mol. The molecule has 0 fully saturated rings. The van der Waals surface area contributed by atoms with Gasteiger partial charge in [0.05, 0.1) is 26.4 Å². The van der Waals surface area contributed by atoms with E-state index in [2.05, 4.69) is 48.5 Å². The van der Waals surface area contributed by atoms with Gasteiger partial charge in [-0.05, 0) is 43.4 Å². The van der Waals surface area contributed by atoms with Crippen LogP contribution in [0.25, 0.3) is 0 Å². The first kappa shape index (κ1) is 84.1. The van der Waals surface area contributed by atoms with Crippen LogP contribution in [0.2, 0.25) is 0 Å². The molecule has 510 valence electrons. The van der Waals surface area contributed by atoms with E-state index < -0.39 is 97.5 Å². The molecule has 5 atom stereocenters. The summed E-state index contributed by atoms with van der Waals surface area (Å²) in [5.74, 6) is 0.101. The van der Waals surface area contributed by atoms with Crippen LogP contribution in [0.5, 0.6) is 0 Å². The highest BCUT2D eigenvalue weighted by Crippen LogP contribution is 2.45. The topological polar surface area (TPSA) is 237 Å². The van der Waals surface area contributed by atoms with Crippen molar-refractivity contribution in [2.75, 3.05) is 39.6 Å². The van der Waals surface area contributed by atoms with Crippen LogP contribution >= 0.6 is 15.6 Å². The monoisotopic (exact) mass is 1270 g/mol. The van der Waals surface area contributed by atoms with Crippen LogP contribution in [0.3, 0.4) is 0 Å². The number of phosphoric acid groups is 2. The van der Waals surface area contributed by atoms with Crippen LogP contribution in [0.4, 0.5) is 0 Å². The minimum atomic E-state index is -4.95. The number of aliphatic hydroxyl groups is 1. The lowest BCUT2D eigenvalue weighted by molar-refractivity contribution is -0.161. The van der Waals surface area contributed by atoms with Crippen LogP contribution in [-0.4, -0.2) is 96.7 Å². The summed E-state index contributed by atoms with van der Waals surface area (Å²) in [5, 5.41) is 10.5. The summed E-state index contributed by atoms with van der Waals surface area (Å²) in [7, 11) is -9.88. The molecule has 0 saturated carbocycles. The van der Waals surface area contributed by atoms with Crippen LogP contribution in [-0.2, 0) is 65.4 Å². The molecule has 17 nitrogen and oxygen atoms in total. The zero-order chi connectivity index (χ0) is 63.8. The average Bonchev–Trinajstić information content (AvgIpc) is 3.60. The first-order valence-electron chi connectivity index (χ1n) is 34.8. The second-order valence-corrected chi connectivity index (χ2v) is 28.5. The highest BCUT2D eigenvalue weighted by Gasteiger charge is 2.30. The van der Waals surface area contributed by atoms with Crippen molar-refractivity contribution >= 4 is 39.5 Å². The zero-order valence-electron chi connectivity index (χ0n) is 55.8. The number of carbonyl (C=O) groups is 4. The Morgan fingerprint density at radius 3 is 0.791 bits per heavy atom. The van der Waals surface area contributed by atoms with Gasteiger partial charge in [-0.3, -0.25) is 37.3 Å². The zero-order valence-corrected chi connectivity index (χ0v) is 57.6. The van der Waals surface area contributed by atoms with E-state index in [9.17, 15) is 43.2 Å². The van der Waals surface area contributed by atoms with E-state index >= 15 is 0 Å². The molecule has 0 bridgehead atoms. The van der Waals surface area contributed by atoms with Gasteiger partial charge in [-0.25, -0.2) is 9.13 Å². The summed E-state index contributed by atoms with van der Waals surface area (Å²) in [5.41, 5.74) is 0. The first-order valence-corrected chi connectivity index (χ1v) is 37.8. The van der Waals surface area contributed by atoms with Crippen molar-refractivity contribution in [3.05, 3.63) is 0 Å². The van der Waals surface area contributed by atoms with Crippen molar-refractivity contribution in [3.63, 3.8) is 0 Å². The second kappa shape index (κ2) is 58.2. The van der Waals surface area contributed by atoms with Gasteiger partial charge in [-0.15, -0.1) is 0 Å². The SMILES string of the molecule is CCCCCCCC(=O)OC[C@H](COP(=O)(O)OC[C@H](O)COP(=O)(O)OC[C@@H](COC(=O)CCCCCCCCCCCCCCC(C)C)OC(=O)CCCCCCCCCCCCCCCCC(C)C)OC(=O)CCCCCCCCC(C)C. The second-order valence-electron chi connectivity index (χ2n) is 25.6. The fourth-order valence-electron chi connectivity index (χ4n) is 10.0. The maximum absolute atomic E-state index is 13.0. The Morgan fingerprint density at radius 1 is 0.314 bits per heavy atom. The van der Waals surface area contributed by atoms with Crippen LogP contribution in [0, 0.1) is 17.8 Å². The van der Waals surface area contributed by atoms with E-state index in [1.807, 2.05) is 0 Å². The summed E-state index contributed by atoms with van der Waals surface area (Å²) < 4.78 is 67.9. The molecule has 0 aromatic carbocycles.